The van der Waals surface area contributed by atoms with Crippen LogP contribution in [0.3, 0.4) is 0 Å². The maximum Gasteiger partial charge on any atom is 0.243 e. The summed E-state index contributed by atoms with van der Waals surface area (Å²) in [5.41, 5.74) is 3.13. The molecule has 1 amide bonds. The molecule has 0 unspecified atom stereocenters. The first kappa shape index (κ1) is 16.0. The first-order valence-electron chi connectivity index (χ1n) is 7.35. The van der Waals surface area contributed by atoms with E-state index in [1.165, 1.54) is 11.6 Å². The van der Waals surface area contributed by atoms with Crippen molar-refractivity contribution in [3.05, 3.63) is 59.4 Å². The van der Waals surface area contributed by atoms with Gasteiger partial charge in [-0.3, -0.25) is 4.79 Å². The molecule has 0 aliphatic carbocycles. The van der Waals surface area contributed by atoms with Gasteiger partial charge in [-0.15, -0.1) is 0 Å². The molecule has 0 bridgehead atoms. The molecule has 0 radical (unpaired) electrons. The molecular weight excluding hydrogens is 279 g/mol. The van der Waals surface area contributed by atoms with Crippen LogP contribution in [0.15, 0.2) is 42.5 Å². The molecule has 4 heteroatoms. The minimum Gasteiger partial charge on any atom is -0.374 e. The highest BCUT2D eigenvalue weighted by Gasteiger charge is 2.06. The molecule has 0 aliphatic rings. The third-order valence-corrected chi connectivity index (χ3v) is 3.43. The van der Waals surface area contributed by atoms with E-state index in [4.69, 9.17) is 0 Å². The van der Waals surface area contributed by atoms with Crippen LogP contribution in [-0.4, -0.2) is 12.5 Å². The number of carbonyl (C=O) groups is 1. The van der Waals surface area contributed by atoms with Crippen LogP contribution >= 0.6 is 0 Å². The molecule has 0 saturated heterocycles. The van der Waals surface area contributed by atoms with Crippen molar-refractivity contribution in [2.24, 2.45) is 0 Å². The fraction of sp³-hybridized carbons (Fsp3) is 0.278. The molecule has 0 spiro atoms. The van der Waals surface area contributed by atoms with Crippen molar-refractivity contribution in [2.75, 3.05) is 17.2 Å². The lowest BCUT2D eigenvalue weighted by atomic mass is 10.0. The SMILES string of the molecule is Cc1ccc(NCC(=O)Nc2ccc(C(C)C)cc2)c(F)c1. The summed E-state index contributed by atoms with van der Waals surface area (Å²) in [6.07, 6.45) is 0. The Kier molecular flexibility index (Phi) is 5.15. The summed E-state index contributed by atoms with van der Waals surface area (Å²) in [5.74, 6) is -0.109. The molecule has 0 aromatic heterocycles. The Balaban J connectivity index is 1.90. The largest absolute Gasteiger partial charge is 0.374 e. The Morgan fingerprint density at radius 2 is 1.82 bits per heavy atom. The van der Waals surface area contributed by atoms with Crippen LogP contribution in [0.5, 0.6) is 0 Å². The number of benzene rings is 2. The topological polar surface area (TPSA) is 41.1 Å². The normalized spacial score (nSPS) is 10.6. The zero-order chi connectivity index (χ0) is 16.1. The number of rotatable bonds is 5. The second-order valence-electron chi connectivity index (χ2n) is 5.66. The summed E-state index contributed by atoms with van der Waals surface area (Å²) >= 11 is 0. The highest BCUT2D eigenvalue weighted by atomic mass is 19.1. The van der Waals surface area contributed by atoms with Gasteiger partial charge in [0.05, 0.1) is 12.2 Å². The molecule has 0 heterocycles. The second kappa shape index (κ2) is 7.07. The van der Waals surface area contributed by atoms with E-state index in [-0.39, 0.29) is 18.3 Å². The van der Waals surface area contributed by atoms with Crippen molar-refractivity contribution in [2.45, 2.75) is 26.7 Å². The molecule has 2 aromatic rings. The maximum atomic E-state index is 13.7. The van der Waals surface area contributed by atoms with Crippen LogP contribution in [0, 0.1) is 12.7 Å². The number of hydrogen-bond donors (Lipinski definition) is 2. The third kappa shape index (κ3) is 4.32. The molecule has 2 aromatic carbocycles. The van der Waals surface area contributed by atoms with Crippen molar-refractivity contribution in [3.8, 4) is 0 Å². The Labute approximate surface area is 130 Å². The summed E-state index contributed by atoms with van der Waals surface area (Å²) in [4.78, 5) is 11.9. The smallest absolute Gasteiger partial charge is 0.243 e. The summed E-state index contributed by atoms with van der Waals surface area (Å²) in [7, 11) is 0. The quantitative estimate of drug-likeness (QED) is 0.864. The van der Waals surface area contributed by atoms with Gasteiger partial charge in [-0.05, 0) is 48.2 Å². The van der Waals surface area contributed by atoms with Crippen LogP contribution in [0.2, 0.25) is 0 Å². The number of halogens is 1. The van der Waals surface area contributed by atoms with Crippen LogP contribution in [0.25, 0.3) is 0 Å². The van der Waals surface area contributed by atoms with Crippen LogP contribution in [0.4, 0.5) is 15.8 Å². The van der Waals surface area contributed by atoms with Gasteiger partial charge in [-0.25, -0.2) is 4.39 Å². The van der Waals surface area contributed by atoms with Crippen molar-refractivity contribution in [1.29, 1.82) is 0 Å². The lowest BCUT2D eigenvalue weighted by Gasteiger charge is -2.10. The van der Waals surface area contributed by atoms with Crippen LogP contribution in [0.1, 0.15) is 30.9 Å². The van der Waals surface area contributed by atoms with Gasteiger partial charge in [0.25, 0.3) is 0 Å². The predicted octanol–water partition coefficient (Wildman–Crippen LogP) is 4.31. The third-order valence-electron chi connectivity index (χ3n) is 3.43. The minimum absolute atomic E-state index is 0.0198. The molecule has 3 nitrogen and oxygen atoms in total. The molecule has 2 rings (SSSR count). The highest BCUT2D eigenvalue weighted by Crippen LogP contribution is 2.17. The lowest BCUT2D eigenvalue weighted by Crippen LogP contribution is -2.22. The van der Waals surface area contributed by atoms with Crippen molar-refractivity contribution < 1.29 is 9.18 Å². The average Bonchev–Trinajstić information content (AvgIpc) is 2.47. The van der Waals surface area contributed by atoms with Crippen LogP contribution in [-0.2, 0) is 4.79 Å². The van der Waals surface area contributed by atoms with Gasteiger partial charge in [-0.1, -0.05) is 32.0 Å². The van der Waals surface area contributed by atoms with Crippen molar-refractivity contribution >= 4 is 17.3 Å². The summed E-state index contributed by atoms with van der Waals surface area (Å²) in [6.45, 7) is 6.08. The summed E-state index contributed by atoms with van der Waals surface area (Å²) in [5, 5.41) is 5.59. The van der Waals surface area contributed by atoms with Crippen molar-refractivity contribution in [1.82, 2.24) is 0 Å². The molecule has 0 fully saturated rings. The number of aryl methyl sites for hydroxylation is 1. The maximum absolute atomic E-state index is 13.7. The van der Waals surface area contributed by atoms with Crippen molar-refractivity contribution in [3.63, 3.8) is 0 Å². The molecular formula is C18H21FN2O. The number of hydrogen-bond acceptors (Lipinski definition) is 2. The molecule has 0 aliphatic heterocycles. The van der Waals surface area contributed by atoms with Crippen LogP contribution < -0.4 is 10.6 Å². The Hall–Kier alpha value is -2.36. The van der Waals surface area contributed by atoms with Gasteiger partial charge in [0.1, 0.15) is 5.82 Å². The molecule has 0 atom stereocenters. The van der Waals surface area contributed by atoms with Gasteiger partial charge in [0, 0.05) is 5.69 Å². The zero-order valence-electron chi connectivity index (χ0n) is 13.1. The average molecular weight is 300 g/mol. The highest BCUT2D eigenvalue weighted by molar-refractivity contribution is 5.93. The van der Waals surface area contributed by atoms with Gasteiger partial charge < -0.3 is 10.6 Å². The summed E-state index contributed by atoms with van der Waals surface area (Å²) < 4.78 is 13.7. The lowest BCUT2D eigenvalue weighted by molar-refractivity contribution is -0.114. The fourth-order valence-corrected chi connectivity index (χ4v) is 2.10. The van der Waals surface area contributed by atoms with Gasteiger partial charge in [0.2, 0.25) is 5.91 Å². The van der Waals surface area contributed by atoms with Gasteiger partial charge in [0.15, 0.2) is 0 Å². The monoisotopic (exact) mass is 300 g/mol. The standard InChI is InChI=1S/C18H21FN2O/c1-12(2)14-5-7-15(8-6-14)21-18(22)11-20-17-9-4-13(3)10-16(17)19/h4-10,12,20H,11H2,1-3H3,(H,21,22). The van der Waals surface area contributed by atoms with Gasteiger partial charge >= 0.3 is 0 Å². The summed E-state index contributed by atoms with van der Waals surface area (Å²) in [6, 6.07) is 12.6. The van der Waals surface area contributed by atoms with E-state index in [1.807, 2.05) is 31.2 Å². The molecule has 0 saturated carbocycles. The zero-order valence-corrected chi connectivity index (χ0v) is 13.1. The number of amides is 1. The van der Waals surface area contributed by atoms with E-state index in [0.717, 1.165) is 11.3 Å². The molecule has 2 N–H and O–H groups in total. The minimum atomic E-state index is -0.353. The first-order valence-corrected chi connectivity index (χ1v) is 7.35. The first-order chi connectivity index (χ1) is 10.5. The Bertz CT molecular complexity index is 651. The molecule has 116 valence electrons. The Morgan fingerprint density at radius 1 is 1.14 bits per heavy atom. The van der Waals surface area contributed by atoms with E-state index < -0.39 is 0 Å². The predicted molar refractivity (Wildman–Crippen MR) is 88.8 cm³/mol. The van der Waals surface area contributed by atoms with E-state index in [1.54, 1.807) is 12.1 Å². The number of carbonyl (C=O) groups excluding carboxylic acids is 1. The van der Waals surface area contributed by atoms with E-state index >= 15 is 0 Å². The van der Waals surface area contributed by atoms with E-state index in [0.29, 0.717) is 11.6 Å². The number of anilines is 2. The van der Waals surface area contributed by atoms with Gasteiger partial charge in [-0.2, -0.15) is 0 Å². The fourth-order valence-electron chi connectivity index (χ4n) is 2.10. The number of nitrogens with one attached hydrogen (secondary N) is 2. The second-order valence-corrected chi connectivity index (χ2v) is 5.66. The Morgan fingerprint density at radius 3 is 2.41 bits per heavy atom. The molecule has 22 heavy (non-hydrogen) atoms. The van der Waals surface area contributed by atoms with E-state index in [9.17, 15) is 9.18 Å². The van der Waals surface area contributed by atoms with E-state index in [2.05, 4.69) is 24.5 Å².